The number of hydrogen-bond acceptors (Lipinski definition) is 6. The molecular weight excluding hydrogens is 372 g/mol. The molecular formula is C21H24N4O2S. The lowest BCUT2D eigenvalue weighted by atomic mass is 10.1. The van der Waals surface area contributed by atoms with Crippen molar-refractivity contribution >= 4 is 29.8 Å². The second kappa shape index (κ2) is 7.85. The van der Waals surface area contributed by atoms with E-state index in [9.17, 15) is 4.79 Å². The molecule has 3 heterocycles. The van der Waals surface area contributed by atoms with Crippen LogP contribution < -0.4 is 15.8 Å². The van der Waals surface area contributed by atoms with E-state index in [-0.39, 0.29) is 11.6 Å². The number of aryl methyl sites for hydroxylation is 1. The van der Waals surface area contributed by atoms with Crippen LogP contribution in [0.15, 0.2) is 52.3 Å². The average molecular weight is 397 g/mol. The summed E-state index contributed by atoms with van der Waals surface area (Å²) in [5.74, 6) is 0.709. The molecule has 1 atom stereocenters. The lowest BCUT2D eigenvalue weighted by molar-refractivity contribution is 0.122. The van der Waals surface area contributed by atoms with E-state index < -0.39 is 0 Å². The number of aromatic nitrogens is 2. The maximum absolute atomic E-state index is 12.8. The summed E-state index contributed by atoms with van der Waals surface area (Å²) < 4.78 is 7.06. The molecule has 1 N–H and O–H groups in total. The molecule has 0 saturated carbocycles. The van der Waals surface area contributed by atoms with E-state index in [0.717, 1.165) is 34.8 Å². The standard InChI is InChI=1S/C21H24N4O2S/c1-14-11-16(15(2)22-17-5-3-4-6-18(17)28)21-23-19(12-20(26)25(21)13-14)24-7-9-27-10-8-24/h3-6,11-13,15,22,28H,7-10H2,1-2H3/t15-/m1/s1. The van der Waals surface area contributed by atoms with Crippen LogP contribution in [0, 0.1) is 6.92 Å². The highest BCUT2D eigenvalue weighted by atomic mass is 32.1. The highest BCUT2D eigenvalue weighted by molar-refractivity contribution is 7.80. The number of nitrogens with one attached hydrogen (secondary N) is 1. The molecule has 0 aliphatic carbocycles. The van der Waals surface area contributed by atoms with Crippen LogP contribution in [0.3, 0.4) is 0 Å². The zero-order valence-corrected chi connectivity index (χ0v) is 16.9. The van der Waals surface area contributed by atoms with Crippen molar-refractivity contribution in [1.29, 1.82) is 0 Å². The van der Waals surface area contributed by atoms with E-state index in [4.69, 9.17) is 9.72 Å². The molecule has 1 aliphatic rings. The second-order valence-electron chi connectivity index (χ2n) is 7.10. The fraction of sp³-hybridized carbons (Fsp3) is 0.333. The Morgan fingerprint density at radius 3 is 2.71 bits per heavy atom. The van der Waals surface area contributed by atoms with Crippen molar-refractivity contribution in [2.24, 2.45) is 0 Å². The molecule has 6 nitrogen and oxygen atoms in total. The Labute approximate surface area is 169 Å². The Hall–Kier alpha value is -2.51. The summed E-state index contributed by atoms with van der Waals surface area (Å²) >= 11 is 4.53. The monoisotopic (exact) mass is 396 g/mol. The highest BCUT2D eigenvalue weighted by Crippen LogP contribution is 2.27. The number of hydrogen-bond donors (Lipinski definition) is 2. The number of thiol groups is 1. The van der Waals surface area contributed by atoms with Crippen molar-refractivity contribution in [3.8, 4) is 0 Å². The summed E-state index contributed by atoms with van der Waals surface area (Å²) in [6.45, 7) is 6.85. The topological polar surface area (TPSA) is 58.9 Å². The number of para-hydroxylation sites is 1. The number of ether oxygens (including phenoxy) is 1. The molecule has 0 spiro atoms. The van der Waals surface area contributed by atoms with Gasteiger partial charge in [0.05, 0.1) is 19.3 Å². The summed E-state index contributed by atoms with van der Waals surface area (Å²) in [4.78, 5) is 20.7. The summed E-state index contributed by atoms with van der Waals surface area (Å²) in [5.41, 5.74) is 3.54. The number of pyridine rings is 1. The predicted octanol–water partition coefficient (Wildman–Crippen LogP) is 3.30. The molecule has 3 aromatic rings. The largest absolute Gasteiger partial charge is 0.378 e. The van der Waals surface area contributed by atoms with Gasteiger partial charge >= 0.3 is 0 Å². The lowest BCUT2D eigenvalue weighted by Gasteiger charge is -2.28. The summed E-state index contributed by atoms with van der Waals surface area (Å²) in [6, 6.07) is 11.5. The van der Waals surface area contributed by atoms with Gasteiger partial charge in [0.1, 0.15) is 11.5 Å². The number of morpholine rings is 1. The molecule has 0 bridgehead atoms. The molecule has 146 valence electrons. The van der Waals surface area contributed by atoms with Crippen LogP contribution >= 0.6 is 12.6 Å². The molecule has 1 fully saturated rings. The van der Waals surface area contributed by atoms with E-state index in [1.807, 2.05) is 37.4 Å². The van der Waals surface area contributed by atoms with E-state index in [2.05, 4.69) is 35.8 Å². The van der Waals surface area contributed by atoms with Crippen LogP contribution in [-0.2, 0) is 4.74 Å². The van der Waals surface area contributed by atoms with Gasteiger partial charge in [-0.1, -0.05) is 12.1 Å². The van der Waals surface area contributed by atoms with Gasteiger partial charge in [-0.25, -0.2) is 4.98 Å². The van der Waals surface area contributed by atoms with Gasteiger partial charge < -0.3 is 15.0 Å². The van der Waals surface area contributed by atoms with Gasteiger partial charge in [-0.2, -0.15) is 0 Å². The van der Waals surface area contributed by atoms with Crippen molar-refractivity contribution in [2.75, 3.05) is 36.5 Å². The number of rotatable bonds is 4. The lowest BCUT2D eigenvalue weighted by Crippen LogP contribution is -2.37. The SMILES string of the molecule is Cc1cc([C@@H](C)Nc2ccccc2S)c2nc(N3CCOCC3)cc(=O)n2c1. The number of fused-ring (bicyclic) bond motifs is 1. The number of benzene rings is 1. The molecule has 1 aromatic carbocycles. The molecule has 0 unspecified atom stereocenters. The quantitative estimate of drug-likeness (QED) is 0.663. The third kappa shape index (κ3) is 3.72. The van der Waals surface area contributed by atoms with Crippen LogP contribution in [-0.4, -0.2) is 35.7 Å². The van der Waals surface area contributed by atoms with E-state index in [0.29, 0.717) is 24.7 Å². The minimum absolute atomic E-state index is 0.0463. The third-order valence-electron chi connectivity index (χ3n) is 4.99. The molecule has 0 radical (unpaired) electrons. The predicted molar refractivity (Wildman–Crippen MR) is 115 cm³/mol. The first-order valence-corrected chi connectivity index (χ1v) is 9.89. The smallest absolute Gasteiger partial charge is 0.259 e. The average Bonchev–Trinajstić information content (AvgIpc) is 2.70. The van der Waals surface area contributed by atoms with Crippen molar-refractivity contribution < 1.29 is 4.74 Å². The van der Waals surface area contributed by atoms with Crippen molar-refractivity contribution in [3.63, 3.8) is 0 Å². The third-order valence-corrected chi connectivity index (χ3v) is 5.38. The number of nitrogens with zero attached hydrogens (tertiary/aromatic N) is 3. The van der Waals surface area contributed by atoms with Crippen LogP contribution in [0.2, 0.25) is 0 Å². The minimum Gasteiger partial charge on any atom is -0.378 e. The van der Waals surface area contributed by atoms with Gasteiger partial charge in [-0.05, 0) is 37.6 Å². The maximum atomic E-state index is 12.8. The first-order chi connectivity index (χ1) is 13.5. The fourth-order valence-corrected chi connectivity index (χ4v) is 3.76. The van der Waals surface area contributed by atoms with Crippen LogP contribution in [0.5, 0.6) is 0 Å². The molecule has 2 aromatic heterocycles. The van der Waals surface area contributed by atoms with E-state index in [1.165, 1.54) is 0 Å². The zero-order valence-electron chi connectivity index (χ0n) is 16.1. The van der Waals surface area contributed by atoms with Crippen molar-refractivity contribution in [1.82, 2.24) is 9.38 Å². The molecule has 7 heteroatoms. The Morgan fingerprint density at radius 2 is 1.96 bits per heavy atom. The molecule has 1 aliphatic heterocycles. The molecule has 1 saturated heterocycles. The normalized spacial score (nSPS) is 15.6. The first-order valence-electron chi connectivity index (χ1n) is 9.44. The van der Waals surface area contributed by atoms with E-state index in [1.54, 1.807) is 10.5 Å². The Kier molecular flexibility index (Phi) is 5.28. The molecule has 4 rings (SSSR count). The van der Waals surface area contributed by atoms with Gasteiger partial charge in [0.15, 0.2) is 0 Å². The maximum Gasteiger partial charge on any atom is 0.259 e. The van der Waals surface area contributed by atoms with Gasteiger partial charge in [0, 0.05) is 41.5 Å². The Balaban J connectivity index is 1.79. The Morgan fingerprint density at radius 1 is 1.21 bits per heavy atom. The van der Waals surface area contributed by atoms with Gasteiger partial charge in [0.25, 0.3) is 5.56 Å². The molecule has 28 heavy (non-hydrogen) atoms. The zero-order chi connectivity index (χ0) is 19.7. The second-order valence-corrected chi connectivity index (χ2v) is 7.58. The van der Waals surface area contributed by atoms with Crippen LogP contribution in [0.25, 0.3) is 5.65 Å². The van der Waals surface area contributed by atoms with Gasteiger partial charge in [-0.15, -0.1) is 12.6 Å². The van der Waals surface area contributed by atoms with Gasteiger partial charge in [-0.3, -0.25) is 9.20 Å². The Bertz CT molecular complexity index is 1060. The van der Waals surface area contributed by atoms with Crippen molar-refractivity contribution in [3.05, 3.63) is 64.1 Å². The van der Waals surface area contributed by atoms with E-state index >= 15 is 0 Å². The van der Waals surface area contributed by atoms with Crippen LogP contribution in [0.4, 0.5) is 11.5 Å². The number of anilines is 2. The summed E-state index contributed by atoms with van der Waals surface area (Å²) in [5, 5.41) is 3.50. The first kappa shape index (κ1) is 18.8. The van der Waals surface area contributed by atoms with Crippen LogP contribution in [0.1, 0.15) is 24.1 Å². The highest BCUT2D eigenvalue weighted by Gasteiger charge is 2.18. The molecule has 0 amide bonds. The summed E-state index contributed by atoms with van der Waals surface area (Å²) in [7, 11) is 0. The van der Waals surface area contributed by atoms with Gasteiger partial charge in [0.2, 0.25) is 0 Å². The fourth-order valence-electron chi connectivity index (χ4n) is 3.54. The summed E-state index contributed by atoms with van der Waals surface area (Å²) in [6.07, 6.45) is 1.84. The minimum atomic E-state index is -0.0711. The van der Waals surface area contributed by atoms with Crippen molar-refractivity contribution in [2.45, 2.75) is 24.8 Å².